The van der Waals surface area contributed by atoms with Crippen molar-refractivity contribution >= 4 is 0 Å². The first kappa shape index (κ1) is 8.06. The van der Waals surface area contributed by atoms with Crippen molar-refractivity contribution < 1.29 is 4.74 Å². The van der Waals surface area contributed by atoms with E-state index in [1.165, 1.54) is 19.3 Å². The van der Waals surface area contributed by atoms with Crippen LogP contribution in [0.15, 0.2) is 0 Å². The first-order valence-electron chi connectivity index (χ1n) is 4.30. The van der Waals surface area contributed by atoms with Gasteiger partial charge in [-0.2, -0.15) is 0 Å². The minimum Gasteiger partial charge on any atom is -0.370 e. The summed E-state index contributed by atoms with van der Waals surface area (Å²) in [6.07, 6.45) is 3.90. The third-order valence-corrected chi connectivity index (χ3v) is 2.20. The summed E-state index contributed by atoms with van der Waals surface area (Å²) < 4.78 is 5.31. The zero-order chi connectivity index (χ0) is 7.61. The molecule has 0 N–H and O–H groups in total. The summed E-state index contributed by atoms with van der Waals surface area (Å²) in [5.41, 5.74) is 0.272. The first-order valence-corrected chi connectivity index (χ1v) is 4.30. The molecule has 0 aromatic carbocycles. The van der Waals surface area contributed by atoms with E-state index in [4.69, 9.17) is 4.74 Å². The largest absolute Gasteiger partial charge is 0.370 e. The number of hydrogen-bond donors (Lipinski definition) is 0. The summed E-state index contributed by atoms with van der Waals surface area (Å²) in [4.78, 5) is 0. The zero-order valence-corrected chi connectivity index (χ0v) is 7.31. The maximum absolute atomic E-state index is 5.31. The average Bonchev–Trinajstić information content (AvgIpc) is 2.48. The molecular formula is C9H18O. The Kier molecular flexibility index (Phi) is 2.35. The monoisotopic (exact) mass is 142 g/mol. The van der Waals surface area contributed by atoms with E-state index in [1.807, 2.05) is 0 Å². The minimum absolute atomic E-state index is 0.272. The highest BCUT2D eigenvalue weighted by atomic mass is 16.6. The van der Waals surface area contributed by atoms with Crippen molar-refractivity contribution in [2.75, 3.05) is 6.61 Å². The fraction of sp³-hybridized carbons (Fsp3) is 1.00. The number of rotatable bonds is 4. The lowest BCUT2D eigenvalue weighted by Gasteiger charge is -2.11. The molecule has 0 spiro atoms. The standard InChI is InChI=1S/C9H18O/c1-4-5-8(2)6-9(3)7-10-9/h8H,4-7H2,1-3H3. The van der Waals surface area contributed by atoms with Crippen LogP contribution in [-0.2, 0) is 4.74 Å². The summed E-state index contributed by atoms with van der Waals surface area (Å²) in [6.45, 7) is 7.75. The Morgan fingerprint density at radius 2 is 2.20 bits per heavy atom. The van der Waals surface area contributed by atoms with Gasteiger partial charge in [-0.15, -0.1) is 0 Å². The molecule has 0 aromatic rings. The predicted molar refractivity (Wildman–Crippen MR) is 43.0 cm³/mol. The fourth-order valence-electron chi connectivity index (χ4n) is 1.57. The molecule has 1 aliphatic rings. The third kappa shape index (κ3) is 2.30. The van der Waals surface area contributed by atoms with Gasteiger partial charge in [0, 0.05) is 0 Å². The first-order chi connectivity index (χ1) is 4.66. The van der Waals surface area contributed by atoms with E-state index in [0.717, 1.165) is 12.5 Å². The Balaban J connectivity index is 2.11. The van der Waals surface area contributed by atoms with Gasteiger partial charge in [0.15, 0.2) is 0 Å². The van der Waals surface area contributed by atoms with Crippen LogP contribution in [0.2, 0.25) is 0 Å². The van der Waals surface area contributed by atoms with Gasteiger partial charge in [-0.05, 0) is 19.3 Å². The Labute approximate surface area is 63.8 Å². The van der Waals surface area contributed by atoms with Gasteiger partial charge in [0.25, 0.3) is 0 Å². The summed E-state index contributed by atoms with van der Waals surface area (Å²) in [7, 11) is 0. The van der Waals surface area contributed by atoms with Crippen molar-refractivity contribution in [1.29, 1.82) is 0 Å². The van der Waals surface area contributed by atoms with Crippen LogP contribution in [-0.4, -0.2) is 12.2 Å². The number of hydrogen-bond acceptors (Lipinski definition) is 1. The quantitative estimate of drug-likeness (QED) is 0.550. The molecule has 1 nitrogen and oxygen atoms in total. The molecule has 0 radical (unpaired) electrons. The van der Waals surface area contributed by atoms with E-state index in [-0.39, 0.29) is 5.60 Å². The molecule has 0 bridgehead atoms. The molecule has 0 aromatic heterocycles. The summed E-state index contributed by atoms with van der Waals surface area (Å²) in [5, 5.41) is 0. The highest BCUT2D eigenvalue weighted by Crippen LogP contribution is 2.34. The lowest BCUT2D eigenvalue weighted by molar-refractivity contribution is 0.271. The third-order valence-electron chi connectivity index (χ3n) is 2.20. The van der Waals surface area contributed by atoms with Crippen molar-refractivity contribution in [1.82, 2.24) is 0 Å². The van der Waals surface area contributed by atoms with E-state index in [1.54, 1.807) is 0 Å². The van der Waals surface area contributed by atoms with Crippen molar-refractivity contribution in [2.45, 2.75) is 45.6 Å². The van der Waals surface area contributed by atoms with Gasteiger partial charge in [0.2, 0.25) is 0 Å². The van der Waals surface area contributed by atoms with E-state index < -0.39 is 0 Å². The molecule has 1 rings (SSSR count). The number of epoxide rings is 1. The van der Waals surface area contributed by atoms with Crippen LogP contribution in [0, 0.1) is 5.92 Å². The normalized spacial score (nSPS) is 33.9. The maximum Gasteiger partial charge on any atom is 0.0891 e. The van der Waals surface area contributed by atoms with E-state index >= 15 is 0 Å². The highest BCUT2D eigenvalue weighted by molar-refractivity contribution is 4.87. The molecule has 10 heavy (non-hydrogen) atoms. The summed E-state index contributed by atoms with van der Waals surface area (Å²) >= 11 is 0. The Morgan fingerprint density at radius 3 is 2.60 bits per heavy atom. The second-order valence-electron chi connectivity index (χ2n) is 3.84. The molecule has 1 saturated heterocycles. The van der Waals surface area contributed by atoms with Crippen LogP contribution >= 0.6 is 0 Å². The van der Waals surface area contributed by atoms with Gasteiger partial charge in [-0.1, -0.05) is 26.7 Å². The second-order valence-corrected chi connectivity index (χ2v) is 3.84. The van der Waals surface area contributed by atoms with Crippen LogP contribution in [0.1, 0.15) is 40.0 Å². The molecule has 2 unspecified atom stereocenters. The zero-order valence-electron chi connectivity index (χ0n) is 7.31. The van der Waals surface area contributed by atoms with Crippen molar-refractivity contribution in [2.24, 2.45) is 5.92 Å². The molecule has 1 aliphatic heterocycles. The van der Waals surface area contributed by atoms with Gasteiger partial charge in [0.1, 0.15) is 0 Å². The molecular weight excluding hydrogens is 124 g/mol. The average molecular weight is 142 g/mol. The molecule has 1 heterocycles. The Bertz CT molecular complexity index is 105. The summed E-state index contributed by atoms with van der Waals surface area (Å²) in [6, 6.07) is 0. The van der Waals surface area contributed by atoms with E-state index in [9.17, 15) is 0 Å². The van der Waals surface area contributed by atoms with Crippen molar-refractivity contribution in [3.8, 4) is 0 Å². The van der Waals surface area contributed by atoms with E-state index in [0.29, 0.717) is 0 Å². The molecule has 1 heteroatoms. The van der Waals surface area contributed by atoms with Gasteiger partial charge >= 0.3 is 0 Å². The van der Waals surface area contributed by atoms with Gasteiger partial charge < -0.3 is 4.74 Å². The van der Waals surface area contributed by atoms with Crippen LogP contribution in [0.5, 0.6) is 0 Å². The Morgan fingerprint density at radius 1 is 1.60 bits per heavy atom. The SMILES string of the molecule is CCCC(C)CC1(C)CO1. The lowest BCUT2D eigenvalue weighted by atomic mass is 9.94. The summed E-state index contributed by atoms with van der Waals surface area (Å²) in [5.74, 6) is 0.845. The second kappa shape index (κ2) is 2.91. The molecule has 0 saturated carbocycles. The highest BCUT2D eigenvalue weighted by Gasteiger charge is 2.39. The van der Waals surface area contributed by atoms with Crippen molar-refractivity contribution in [3.63, 3.8) is 0 Å². The molecule has 0 amide bonds. The molecule has 1 fully saturated rings. The smallest absolute Gasteiger partial charge is 0.0891 e. The molecule has 2 atom stereocenters. The predicted octanol–water partition coefficient (Wildman–Crippen LogP) is 2.60. The molecule has 60 valence electrons. The van der Waals surface area contributed by atoms with Crippen LogP contribution in [0.4, 0.5) is 0 Å². The topological polar surface area (TPSA) is 12.5 Å². The minimum atomic E-state index is 0.272. The lowest BCUT2D eigenvalue weighted by Crippen LogP contribution is -2.10. The van der Waals surface area contributed by atoms with Crippen LogP contribution < -0.4 is 0 Å². The van der Waals surface area contributed by atoms with Crippen LogP contribution in [0.25, 0.3) is 0 Å². The van der Waals surface area contributed by atoms with Gasteiger partial charge in [-0.3, -0.25) is 0 Å². The Hall–Kier alpha value is -0.0400. The van der Waals surface area contributed by atoms with Gasteiger partial charge in [-0.25, -0.2) is 0 Å². The van der Waals surface area contributed by atoms with Crippen LogP contribution in [0.3, 0.4) is 0 Å². The fourth-order valence-corrected chi connectivity index (χ4v) is 1.57. The molecule has 0 aliphatic carbocycles. The van der Waals surface area contributed by atoms with Crippen molar-refractivity contribution in [3.05, 3.63) is 0 Å². The van der Waals surface area contributed by atoms with Gasteiger partial charge in [0.05, 0.1) is 12.2 Å². The van der Waals surface area contributed by atoms with E-state index in [2.05, 4.69) is 20.8 Å². The number of ether oxygens (including phenoxy) is 1. The maximum atomic E-state index is 5.31.